The maximum atomic E-state index is 12.2. The fourth-order valence-electron chi connectivity index (χ4n) is 1.40. The fourth-order valence-corrected chi connectivity index (χ4v) is 1.40. The molecule has 1 saturated heterocycles. The lowest BCUT2D eigenvalue weighted by Gasteiger charge is -2.00. The number of hydrogen-bond donors (Lipinski definition) is 0. The molecule has 0 aromatic heterocycles. The van der Waals surface area contributed by atoms with E-state index < -0.39 is 23.3 Å². The fraction of sp³-hybridized carbons (Fsp3) is 0.333. The molecule has 2 atom stereocenters. The summed E-state index contributed by atoms with van der Waals surface area (Å²) < 4.78 is 40.9. The number of epoxide rings is 1. The zero-order valence-corrected chi connectivity index (χ0v) is 7.77. The van der Waals surface area contributed by atoms with Crippen molar-refractivity contribution in [2.45, 2.75) is 18.4 Å². The van der Waals surface area contributed by atoms with Crippen molar-refractivity contribution in [3.8, 4) is 0 Å². The first-order valence-electron chi connectivity index (χ1n) is 4.36. The van der Waals surface area contributed by atoms with Crippen molar-refractivity contribution >= 4 is 5.69 Å². The van der Waals surface area contributed by atoms with Gasteiger partial charge in [-0.2, -0.15) is 13.2 Å². The van der Waals surface area contributed by atoms with Crippen molar-refractivity contribution in [2.75, 3.05) is 0 Å². The van der Waals surface area contributed by atoms with Gasteiger partial charge in [-0.05, 0) is 17.7 Å². The molecular formula is C9H6F3NO3. The minimum absolute atomic E-state index is 0.159. The van der Waals surface area contributed by atoms with E-state index in [1.54, 1.807) is 0 Å². The Kier molecular flexibility index (Phi) is 2.34. The van der Waals surface area contributed by atoms with Gasteiger partial charge in [-0.1, -0.05) is 0 Å². The molecule has 2 rings (SSSR count). The summed E-state index contributed by atoms with van der Waals surface area (Å²) in [6.45, 7) is 0. The van der Waals surface area contributed by atoms with Crippen molar-refractivity contribution in [1.82, 2.24) is 0 Å². The Balaban J connectivity index is 2.11. The standard InChI is InChI=1S/C9H6F3NO3/c10-9(11,12)8-7(16-8)5-1-3-6(4-2-5)13(14)15/h1-4,7-8H/t7-,8+/m0/s1. The Morgan fingerprint density at radius 3 is 2.19 bits per heavy atom. The highest BCUT2D eigenvalue weighted by Crippen LogP contribution is 2.48. The molecular weight excluding hydrogens is 227 g/mol. The highest BCUT2D eigenvalue weighted by molar-refractivity contribution is 5.35. The molecule has 0 amide bonds. The minimum Gasteiger partial charge on any atom is -0.355 e. The van der Waals surface area contributed by atoms with Crippen LogP contribution in [0.25, 0.3) is 0 Å². The number of nitrogens with zero attached hydrogens (tertiary/aromatic N) is 1. The van der Waals surface area contributed by atoms with E-state index in [9.17, 15) is 23.3 Å². The van der Waals surface area contributed by atoms with Gasteiger partial charge in [0, 0.05) is 12.1 Å². The first-order valence-corrected chi connectivity index (χ1v) is 4.36. The lowest BCUT2D eigenvalue weighted by molar-refractivity contribution is -0.384. The van der Waals surface area contributed by atoms with Crippen LogP contribution >= 0.6 is 0 Å². The normalized spacial score (nSPS) is 24.2. The van der Waals surface area contributed by atoms with Crippen molar-refractivity contribution in [3.05, 3.63) is 39.9 Å². The number of nitro benzene ring substituents is 1. The summed E-state index contributed by atoms with van der Waals surface area (Å²) in [7, 11) is 0. The Hall–Kier alpha value is -1.63. The molecule has 0 N–H and O–H groups in total. The van der Waals surface area contributed by atoms with E-state index in [0.717, 1.165) is 12.1 Å². The zero-order chi connectivity index (χ0) is 11.9. The molecule has 0 bridgehead atoms. The second-order valence-corrected chi connectivity index (χ2v) is 3.37. The van der Waals surface area contributed by atoms with Gasteiger partial charge in [-0.3, -0.25) is 10.1 Å². The maximum absolute atomic E-state index is 12.2. The quantitative estimate of drug-likeness (QED) is 0.448. The monoisotopic (exact) mass is 233 g/mol. The van der Waals surface area contributed by atoms with Crippen LogP contribution in [0.5, 0.6) is 0 Å². The third kappa shape index (κ3) is 1.99. The number of nitro groups is 1. The molecule has 1 fully saturated rings. The summed E-state index contributed by atoms with van der Waals surface area (Å²) in [5, 5.41) is 10.3. The Morgan fingerprint density at radius 2 is 1.81 bits per heavy atom. The van der Waals surface area contributed by atoms with Gasteiger partial charge in [0.25, 0.3) is 5.69 Å². The van der Waals surface area contributed by atoms with E-state index >= 15 is 0 Å². The molecule has 86 valence electrons. The number of non-ortho nitro benzene ring substituents is 1. The van der Waals surface area contributed by atoms with Crippen LogP contribution in [0.4, 0.5) is 18.9 Å². The van der Waals surface area contributed by atoms with Gasteiger partial charge in [-0.15, -0.1) is 0 Å². The van der Waals surface area contributed by atoms with Gasteiger partial charge in [0.2, 0.25) is 0 Å². The van der Waals surface area contributed by atoms with Crippen molar-refractivity contribution in [3.63, 3.8) is 0 Å². The minimum atomic E-state index is -4.38. The van der Waals surface area contributed by atoms with E-state index in [1.165, 1.54) is 12.1 Å². The highest BCUT2D eigenvalue weighted by atomic mass is 19.4. The van der Waals surface area contributed by atoms with E-state index in [2.05, 4.69) is 4.74 Å². The Morgan fingerprint density at radius 1 is 1.25 bits per heavy atom. The van der Waals surface area contributed by atoms with Crippen LogP contribution in [0.3, 0.4) is 0 Å². The lowest BCUT2D eigenvalue weighted by Crippen LogP contribution is -2.16. The molecule has 16 heavy (non-hydrogen) atoms. The van der Waals surface area contributed by atoms with Gasteiger partial charge in [-0.25, -0.2) is 0 Å². The predicted molar refractivity (Wildman–Crippen MR) is 46.8 cm³/mol. The largest absolute Gasteiger partial charge is 0.417 e. The zero-order valence-electron chi connectivity index (χ0n) is 7.77. The molecule has 0 aliphatic carbocycles. The van der Waals surface area contributed by atoms with Crippen LogP contribution in [0.2, 0.25) is 0 Å². The summed E-state index contributed by atoms with van der Waals surface area (Å²) in [5.74, 6) is 0. The molecule has 7 heteroatoms. The third-order valence-electron chi connectivity index (χ3n) is 2.25. The molecule has 1 aliphatic rings. The summed E-state index contributed by atoms with van der Waals surface area (Å²) in [6.07, 6.45) is -7.19. The van der Waals surface area contributed by atoms with Gasteiger partial charge < -0.3 is 4.74 Å². The Bertz CT molecular complexity index is 415. The van der Waals surface area contributed by atoms with Crippen LogP contribution in [-0.4, -0.2) is 17.2 Å². The molecule has 0 spiro atoms. The number of benzene rings is 1. The Labute approximate surface area is 87.8 Å². The highest BCUT2D eigenvalue weighted by Gasteiger charge is 2.58. The topological polar surface area (TPSA) is 55.7 Å². The van der Waals surface area contributed by atoms with Gasteiger partial charge in [0.15, 0.2) is 6.10 Å². The summed E-state index contributed by atoms with van der Waals surface area (Å²) in [4.78, 5) is 9.70. The molecule has 0 radical (unpaired) electrons. The molecule has 0 saturated carbocycles. The van der Waals surface area contributed by atoms with E-state index in [4.69, 9.17) is 0 Å². The first kappa shape index (κ1) is 10.9. The van der Waals surface area contributed by atoms with Crippen LogP contribution in [0.15, 0.2) is 24.3 Å². The predicted octanol–water partition coefficient (Wildman–Crippen LogP) is 2.60. The average Bonchev–Trinajstić information content (AvgIpc) is 2.96. The number of alkyl halides is 3. The van der Waals surface area contributed by atoms with E-state index in [-0.39, 0.29) is 5.69 Å². The van der Waals surface area contributed by atoms with Crippen LogP contribution in [0.1, 0.15) is 11.7 Å². The van der Waals surface area contributed by atoms with Crippen molar-refractivity contribution < 1.29 is 22.8 Å². The molecule has 0 unspecified atom stereocenters. The molecule has 1 heterocycles. The van der Waals surface area contributed by atoms with Crippen LogP contribution in [-0.2, 0) is 4.74 Å². The number of halogens is 3. The van der Waals surface area contributed by atoms with Gasteiger partial charge in [0.1, 0.15) is 6.10 Å². The first-order chi connectivity index (χ1) is 7.39. The molecule has 1 aromatic rings. The van der Waals surface area contributed by atoms with Crippen LogP contribution in [0, 0.1) is 10.1 Å². The van der Waals surface area contributed by atoms with E-state index in [0.29, 0.717) is 5.56 Å². The number of hydrogen-bond acceptors (Lipinski definition) is 3. The smallest absolute Gasteiger partial charge is 0.355 e. The summed E-state index contributed by atoms with van der Waals surface area (Å²) in [5.41, 5.74) is 0.140. The van der Waals surface area contributed by atoms with E-state index in [1.807, 2.05) is 0 Å². The maximum Gasteiger partial charge on any atom is 0.417 e. The lowest BCUT2D eigenvalue weighted by atomic mass is 10.1. The summed E-state index contributed by atoms with van der Waals surface area (Å²) >= 11 is 0. The second kappa shape index (κ2) is 3.44. The number of ether oxygens (including phenoxy) is 1. The average molecular weight is 233 g/mol. The van der Waals surface area contributed by atoms with Gasteiger partial charge >= 0.3 is 6.18 Å². The number of rotatable bonds is 2. The van der Waals surface area contributed by atoms with Crippen molar-refractivity contribution in [1.29, 1.82) is 0 Å². The van der Waals surface area contributed by atoms with Crippen LogP contribution < -0.4 is 0 Å². The second-order valence-electron chi connectivity index (χ2n) is 3.37. The SMILES string of the molecule is O=[N+]([O-])c1ccc([C@@H]2O[C@H]2C(F)(F)F)cc1. The molecule has 1 aromatic carbocycles. The molecule has 4 nitrogen and oxygen atoms in total. The molecule has 1 aliphatic heterocycles. The van der Waals surface area contributed by atoms with Gasteiger partial charge in [0.05, 0.1) is 4.92 Å². The summed E-state index contributed by atoms with van der Waals surface area (Å²) in [6, 6.07) is 4.86. The third-order valence-corrected chi connectivity index (χ3v) is 2.25. The van der Waals surface area contributed by atoms with Crippen molar-refractivity contribution in [2.24, 2.45) is 0 Å².